The minimum atomic E-state index is -1.56. The molecule has 1 heterocycles. The largest absolute Gasteiger partial charge is 0.445 e. The van der Waals surface area contributed by atoms with Crippen LogP contribution < -0.4 is 5.32 Å². The van der Waals surface area contributed by atoms with Crippen LogP contribution in [0.1, 0.15) is 0 Å². The number of rotatable bonds is 4. The van der Waals surface area contributed by atoms with Crippen LogP contribution in [0.5, 0.6) is 0 Å². The molecule has 0 aromatic heterocycles. The van der Waals surface area contributed by atoms with Gasteiger partial charge in [0.2, 0.25) is 0 Å². The highest BCUT2D eigenvalue weighted by molar-refractivity contribution is 5.67. The molecule has 5 N–H and O–H groups in total. The van der Waals surface area contributed by atoms with Crippen LogP contribution in [0.3, 0.4) is 0 Å². The smallest absolute Gasteiger partial charge is 0.407 e. The quantitative estimate of drug-likeness (QED) is 0.361. The van der Waals surface area contributed by atoms with E-state index < -0.39 is 43.3 Å². The van der Waals surface area contributed by atoms with Crippen molar-refractivity contribution in [3.63, 3.8) is 0 Å². The van der Waals surface area contributed by atoms with E-state index in [1.54, 1.807) is 0 Å². The zero-order valence-corrected chi connectivity index (χ0v) is 9.60. The Balaban J connectivity index is 2.59. The summed E-state index contributed by atoms with van der Waals surface area (Å²) in [5.74, 6) is 0. The Bertz CT molecular complexity index is 298. The van der Waals surface area contributed by atoms with Crippen LogP contribution in [-0.2, 0) is 9.47 Å². The van der Waals surface area contributed by atoms with Crippen molar-refractivity contribution in [2.75, 3.05) is 13.2 Å². The van der Waals surface area contributed by atoms with Gasteiger partial charge < -0.3 is 35.2 Å². The van der Waals surface area contributed by atoms with E-state index >= 15 is 0 Å². The number of hydrogen-bond donors (Lipinski definition) is 5. The van der Waals surface area contributed by atoms with Crippen LogP contribution in [0.25, 0.3) is 0 Å². The minimum Gasteiger partial charge on any atom is -0.445 e. The molecule has 0 radical (unpaired) electrons. The van der Waals surface area contributed by atoms with Gasteiger partial charge in [-0.05, 0) is 0 Å². The van der Waals surface area contributed by atoms with E-state index in [4.69, 9.17) is 9.84 Å². The fraction of sp³-hybridized carbons (Fsp3) is 0.700. The van der Waals surface area contributed by atoms with Crippen molar-refractivity contribution in [2.45, 2.75) is 30.6 Å². The summed E-state index contributed by atoms with van der Waals surface area (Å²) in [6.45, 7) is 2.75. The Labute approximate surface area is 103 Å². The molecule has 0 bridgehead atoms. The van der Waals surface area contributed by atoms with E-state index in [-0.39, 0.29) is 6.61 Å². The van der Waals surface area contributed by atoms with Crippen molar-refractivity contribution in [1.29, 1.82) is 0 Å². The van der Waals surface area contributed by atoms with Crippen LogP contribution in [0.4, 0.5) is 4.79 Å². The van der Waals surface area contributed by atoms with E-state index in [2.05, 4.69) is 16.6 Å². The summed E-state index contributed by atoms with van der Waals surface area (Å²) in [6, 6.07) is -1.25. The van der Waals surface area contributed by atoms with Crippen molar-refractivity contribution in [3.05, 3.63) is 12.7 Å². The van der Waals surface area contributed by atoms with E-state index in [0.29, 0.717) is 0 Å². The van der Waals surface area contributed by atoms with Gasteiger partial charge >= 0.3 is 6.09 Å². The highest BCUT2D eigenvalue weighted by atomic mass is 16.6. The van der Waals surface area contributed by atoms with Gasteiger partial charge in [-0.25, -0.2) is 4.79 Å². The minimum absolute atomic E-state index is 0.0343. The summed E-state index contributed by atoms with van der Waals surface area (Å²) in [7, 11) is 0. The molecule has 0 spiro atoms. The second-order valence-corrected chi connectivity index (χ2v) is 3.79. The van der Waals surface area contributed by atoms with E-state index in [1.807, 2.05) is 0 Å². The number of amides is 1. The standard InChI is InChI=1S/C10H17NO7/c1-2-3-17-10(16)11-6-8(14)7(13)5(4-12)18-9(6)15/h2,5-9,12-15H,1,3-4H2,(H,11,16)/t5-,6-,7-,8-,9+/m1/s1. The number of nitrogens with one attached hydrogen (secondary N) is 1. The molecule has 1 fully saturated rings. The van der Waals surface area contributed by atoms with Gasteiger partial charge in [0, 0.05) is 0 Å². The van der Waals surface area contributed by atoms with Gasteiger partial charge in [-0.2, -0.15) is 0 Å². The Morgan fingerprint density at radius 2 is 2.06 bits per heavy atom. The lowest BCUT2D eigenvalue weighted by molar-refractivity contribution is -0.253. The molecule has 1 saturated heterocycles. The molecular formula is C10H17NO7. The summed E-state index contributed by atoms with van der Waals surface area (Å²) >= 11 is 0. The molecule has 1 aliphatic heterocycles. The SMILES string of the molecule is C=CCOC(=O)N[C@@H]1[C@@H](O)[C@H](O)[C@@H](CO)O[C@@H]1O. The molecule has 8 heteroatoms. The average molecular weight is 263 g/mol. The molecule has 0 aromatic carbocycles. The number of ether oxygens (including phenoxy) is 2. The Morgan fingerprint density at radius 1 is 1.39 bits per heavy atom. The monoisotopic (exact) mass is 263 g/mol. The van der Waals surface area contributed by atoms with E-state index in [9.17, 15) is 20.1 Å². The maximum absolute atomic E-state index is 11.2. The first-order chi connectivity index (χ1) is 8.51. The van der Waals surface area contributed by atoms with Gasteiger partial charge in [0.15, 0.2) is 6.29 Å². The highest BCUT2D eigenvalue weighted by Crippen LogP contribution is 2.19. The molecule has 1 rings (SSSR count). The Morgan fingerprint density at radius 3 is 2.61 bits per heavy atom. The third kappa shape index (κ3) is 3.40. The number of carbonyl (C=O) groups is 1. The van der Waals surface area contributed by atoms with Gasteiger partial charge in [-0.1, -0.05) is 12.7 Å². The summed E-state index contributed by atoms with van der Waals surface area (Å²) in [6.07, 6.45) is -5.13. The molecule has 0 saturated carbocycles. The first-order valence-electron chi connectivity index (χ1n) is 5.36. The highest BCUT2D eigenvalue weighted by Gasteiger charge is 2.44. The normalized spacial score (nSPS) is 35.9. The molecule has 1 amide bonds. The summed E-state index contributed by atoms with van der Waals surface area (Å²) in [5, 5.41) is 39.8. The molecular weight excluding hydrogens is 246 g/mol. The predicted molar refractivity (Wildman–Crippen MR) is 58.4 cm³/mol. The molecule has 5 atom stereocenters. The summed E-state index contributed by atoms with van der Waals surface area (Å²) < 4.78 is 9.44. The zero-order chi connectivity index (χ0) is 13.7. The van der Waals surface area contributed by atoms with Gasteiger partial charge in [0.05, 0.1) is 6.61 Å². The van der Waals surface area contributed by atoms with E-state index in [0.717, 1.165) is 0 Å². The second-order valence-electron chi connectivity index (χ2n) is 3.79. The first-order valence-corrected chi connectivity index (χ1v) is 5.36. The number of hydrogen-bond acceptors (Lipinski definition) is 7. The number of aliphatic hydroxyl groups is 4. The van der Waals surface area contributed by atoms with Gasteiger partial charge in [0.1, 0.15) is 31.0 Å². The summed E-state index contributed by atoms with van der Waals surface area (Å²) in [4.78, 5) is 11.2. The van der Waals surface area contributed by atoms with Crippen molar-refractivity contribution < 1.29 is 34.7 Å². The lowest BCUT2D eigenvalue weighted by atomic mass is 9.97. The lowest BCUT2D eigenvalue weighted by Crippen LogP contribution is -2.64. The van der Waals surface area contributed by atoms with Crippen molar-refractivity contribution in [1.82, 2.24) is 5.32 Å². The van der Waals surface area contributed by atoms with Crippen LogP contribution in [0.15, 0.2) is 12.7 Å². The molecule has 0 aromatic rings. The summed E-state index contributed by atoms with van der Waals surface area (Å²) in [5.41, 5.74) is 0. The fourth-order valence-electron chi connectivity index (χ4n) is 1.57. The van der Waals surface area contributed by atoms with Crippen LogP contribution in [-0.4, -0.2) is 70.4 Å². The lowest BCUT2D eigenvalue weighted by Gasteiger charge is -2.39. The number of aliphatic hydroxyl groups excluding tert-OH is 4. The van der Waals surface area contributed by atoms with Gasteiger partial charge in [-0.15, -0.1) is 0 Å². The molecule has 0 unspecified atom stereocenters. The van der Waals surface area contributed by atoms with Gasteiger partial charge in [-0.3, -0.25) is 0 Å². The molecule has 1 aliphatic rings. The number of alkyl carbamates (subject to hydrolysis) is 1. The van der Waals surface area contributed by atoms with Gasteiger partial charge in [0.25, 0.3) is 0 Å². The maximum atomic E-state index is 11.2. The first kappa shape index (κ1) is 14.9. The number of carbonyl (C=O) groups excluding carboxylic acids is 1. The fourth-order valence-corrected chi connectivity index (χ4v) is 1.57. The van der Waals surface area contributed by atoms with E-state index in [1.165, 1.54) is 6.08 Å². The molecule has 8 nitrogen and oxygen atoms in total. The molecule has 104 valence electrons. The zero-order valence-electron chi connectivity index (χ0n) is 9.60. The topological polar surface area (TPSA) is 128 Å². The third-order valence-corrected chi connectivity index (χ3v) is 2.52. The predicted octanol–water partition coefficient (Wildman–Crippen LogP) is -2.30. The van der Waals surface area contributed by atoms with Crippen molar-refractivity contribution in [2.24, 2.45) is 0 Å². The third-order valence-electron chi connectivity index (χ3n) is 2.52. The van der Waals surface area contributed by atoms with Crippen LogP contribution in [0.2, 0.25) is 0 Å². The molecule has 18 heavy (non-hydrogen) atoms. The molecule has 0 aliphatic carbocycles. The Hall–Kier alpha value is -1.19. The second kappa shape index (κ2) is 6.66. The Kier molecular flexibility index (Phi) is 5.51. The van der Waals surface area contributed by atoms with Crippen LogP contribution in [0, 0.1) is 0 Å². The average Bonchev–Trinajstić information content (AvgIpc) is 2.36. The van der Waals surface area contributed by atoms with Crippen molar-refractivity contribution in [3.8, 4) is 0 Å². The maximum Gasteiger partial charge on any atom is 0.407 e. The van der Waals surface area contributed by atoms with Crippen molar-refractivity contribution >= 4 is 6.09 Å². The van der Waals surface area contributed by atoms with Crippen LogP contribution >= 0.6 is 0 Å².